The van der Waals surface area contributed by atoms with Gasteiger partial charge in [0, 0.05) is 12.6 Å². The Kier molecular flexibility index (Phi) is 7.84. The molecule has 5 heteroatoms. The van der Waals surface area contributed by atoms with Gasteiger partial charge in [0.05, 0.1) is 32.0 Å². The minimum Gasteiger partial charge on any atom is -0.496 e. The smallest absolute Gasteiger partial charge is 0.127 e. The van der Waals surface area contributed by atoms with Crippen LogP contribution in [0.4, 0.5) is 0 Å². The fourth-order valence-corrected chi connectivity index (χ4v) is 4.93. The molecule has 1 atom stereocenters. The molecule has 0 radical (unpaired) electrons. The molecular weight excluding hydrogens is 424 g/mol. The Morgan fingerprint density at radius 3 is 2.38 bits per heavy atom. The second-order valence-electron chi connectivity index (χ2n) is 8.75. The van der Waals surface area contributed by atoms with E-state index in [0.29, 0.717) is 6.54 Å². The third-order valence-electron chi connectivity index (χ3n) is 6.77. The van der Waals surface area contributed by atoms with E-state index < -0.39 is 0 Å². The van der Waals surface area contributed by atoms with E-state index in [1.165, 1.54) is 0 Å². The SMILES string of the molecule is COc1cc(CCc2cccc(-c3ccccc3)c2C#N)cc(OC)c1CN1CCC[C@H]1CO. The van der Waals surface area contributed by atoms with Gasteiger partial charge in [-0.05, 0) is 66.6 Å². The van der Waals surface area contributed by atoms with E-state index in [1.54, 1.807) is 14.2 Å². The number of likely N-dealkylation sites (tertiary alicyclic amines) is 1. The van der Waals surface area contributed by atoms with Gasteiger partial charge in [-0.1, -0.05) is 48.5 Å². The topological polar surface area (TPSA) is 65.7 Å². The molecule has 34 heavy (non-hydrogen) atoms. The Morgan fingerprint density at radius 2 is 1.74 bits per heavy atom. The predicted octanol–water partition coefficient (Wildman–Crippen LogP) is 4.98. The van der Waals surface area contributed by atoms with Gasteiger partial charge in [0.1, 0.15) is 17.6 Å². The zero-order chi connectivity index (χ0) is 23.9. The van der Waals surface area contributed by atoms with Crippen LogP contribution < -0.4 is 9.47 Å². The number of nitrogens with zero attached hydrogens (tertiary/aromatic N) is 2. The van der Waals surface area contributed by atoms with Crippen LogP contribution in [0.1, 0.15) is 35.1 Å². The summed E-state index contributed by atoms with van der Waals surface area (Å²) in [5.41, 5.74) is 5.90. The van der Waals surface area contributed by atoms with E-state index in [9.17, 15) is 10.4 Å². The van der Waals surface area contributed by atoms with Gasteiger partial charge in [0.25, 0.3) is 0 Å². The minimum atomic E-state index is 0.173. The van der Waals surface area contributed by atoms with Crippen LogP contribution in [0.25, 0.3) is 11.1 Å². The maximum absolute atomic E-state index is 9.92. The number of methoxy groups -OCH3 is 2. The van der Waals surface area contributed by atoms with Crippen molar-refractivity contribution in [2.24, 2.45) is 0 Å². The van der Waals surface area contributed by atoms with Crippen LogP contribution in [-0.4, -0.2) is 43.4 Å². The van der Waals surface area contributed by atoms with Crippen LogP contribution in [-0.2, 0) is 19.4 Å². The fraction of sp³-hybridized carbons (Fsp3) is 0.345. The summed E-state index contributed by atoms with van der Waals surface area (Å²) < 4.78 is 11.5. The molecule has 1 aliphatic heterocycles. The Labute approximate surface area is 202 Å². The lowest BCUT2D eigenvalue weighted by atomic mass is 9.93. The number of benzene rings is 3. The molecule has 1 N–H and O–H groups in total. The van der Waals surface area contributed by atoms with Gasteiger partial charge in [-0.3, -0.25) is 4.90 Å². The Morgan fingerprint density at radius 1 is 1.00 bits per heavy atom. The lowest BCUT2D eigenvalue weighted by Crippen LogP contribution is -2.31. The number of nitriles is 1. The summed E-state index contributed by atoms with van der Waals surface area (Å²) in [6, 6.07) is 22.9. The van der Waals surface area contributed by atoms with Crippen molar-refractivity contribution in [3.63, 3.8) is 0 Å². The van der Waals surface area contributed by atoms with Gasteiger partial charge in [0.2, 0.25) is 0 Å². The van der Waals surface area contributed by atoms with Crippen molar-refractivity contribution in [1.82, 2.24) is 4.90 Å². The highest BCUT2D eigenvalue weighted by Gasteiger charge is 2.26. The number of aliphatic hydroxyl groups excluding tert-OH is 1. The first-order chi connectivity index (χ1) is 16.7. The van der Waals surface area contributed by atoms with Gasteiger partial charge < -0.3 is 14.6 Å². The zero-order valence-corrected chi connectivity index (χ0v) is 20.0. The zero-order valence-electron chi connectivity index (χ0n) is 20.0. The lowest BCUT2D eigenvalue weighted by molar-refractivity contribution is 0.151. The summed E-state index contributed by atoms with van der Waals surface area (Å²) in [6.07, 6.45) is 3.62. The second kappa shape index (κ2) is 11.2. The van der Waals surface area contributed by atoms with Crippen molar-refractivity contribution in [3.05, 3.63) is 82.9 Å². The van der Waals surface area contributed by atoms with Gasteiger partial charge in [-0.25, -0.2) is 0 Å². The van der Waals surface area contributed by atoms with Gasteiger partial charge in [-0.15, -0.1) is 0 Å². The van der Waals surface area contributed by atoms with Crippen molar-refractivity contribution in [2.45, 2.75) is 38.3 Å². The van der Waals surface area contributed by atoms with E-state index in [4.69, 9.17) is 9.47 Å². The molecule has 1 aliphatic rings. The van der Waals surface area contributed by atoms with E-state index in [1.807, 2.05) is 48.5 Å². The quantitative estimate of drug-likeness (QED) is 0.492. The largest absolute Gasteiger partial charge is 0.496 e. The minimum absolute atomic E-state index is 0.173. The molecule has 1 fully saturated rings. The standard InChI is InChI=1S/C29H32N2O3/c1-33-28-16-21(17-29(34-2)27(28)19-31-15-7-11-24(31)20-32)13-14-23-10-6-12-25(26(23)18-30)22-8-4-3-5-9-22/h3-6,8-10,12,16-17,24,32H,7,11,13-15,19-20H2,1-2H3/t24-/m0/s1. The first-order valence-corrected chi connectivity index (χ1v) is 11.8. The van der Waals surface area contributed by atoms with Crippen molar-refractivity contribution >= 4 is 0 Å². The van der Waals surface area contributed by atoms with Crippen molar-refractivity contribution in [2.75, 3.05) is 27.4 Å². The lowest BCUT2D eigenvalue weighted by Gasteiger charge is -2.25. The van der Waals surface area contributed by atoms with E-state index in [2.05, 4.69) is 23.1 Å². The molecule has 0 aromatic heterocycles. The molecule has 3 aromatic carbocycles. The summed E-state index contributed by atoms with van der Waals surface area (Å²) >= 11 is 0. The molecule has 1 saturated heterocycles. The molecule has 1 heterocycles. The van der Waals surface area contributed by atoms with E-state index in [-0.39, 0.29) is 12.6 Å². The second-order valence-corrected chi connectivity index (χ2v) is 8.75. The van der Waals surface area contributed by atoms with Gasteiger partial charge >= 0.3 is 0 Å². The molecule has 176 valence electrons. The molecule has 0 aliphatic carbocycles. The molecule has 0 spiro atoms. The number of aliphatic hydroxyl groups is 1. The Balaban J connectivity index is 1.58. The monoisotopic (exact) mass is 456 g/mol. The van der Waals surface area contributed by atoms with Crippen LogP contribution in [0, 0.1) is 11.3 Å². The maximum atomic E-state index is 9.92. The molecule has 0 unspecified atom stereocenters. The molecule has 4 rings (SSSR count). The molecule has 5 nitrogen and oxygen atoms in total. The van der Waals surface area contributed by atoms with Crippen LogP contribution in [0.2, 0.25) is 0 Å². The van der Waals surface area contributed by atoms with Gasteiger partial charge in [-0.2, -0.15) is 5.26 Å². The number of hydrogen-bond acceptors (Lipinski definition) is 5. The highest BCUT2D eigenvalue weighted by molar-refractivity contribution is 5.72. The normalized spacial score (nSPS) is 15.8. The summed E-state index contributed by atoms with van der Waals surface area (Å²) in [5, 5.41) is 19.6. The Hall–Kier alpha value is -3.33. The summed E-state index contributed by atoms with van der Waals surface area (Å²) in [5.74, 6) is 1.60. The van der Waals surface area contributed by atoms with Crippen LogP contribution in [0.3, 0.4) is 0 Å². The first-order valence-electron chi connectivity index (χ1n) is 11.8. The van der Waals surface area contributed by atoms with E-state index >= 15 is 0 Å². The molecule has 0 saturated carbocycles. The predicted molar refractivity (Wildman–Crippen MR) is 134 cm³/mol. The average molecular weight is 457 g/mol. The molecule has 0 bridgehead atoms. The van der Waals surface area contributed by atoms with Crippen LogP contribution in [0.5, 0.6) is 11.5 Å². The third-order valence-corrected chi connectivity index (χ3v) is 6.77. The molecule has 3 aromatic rings. The molecule has 0 amide bonds. The number of ether oxygens (including phenoxy) is 2. The van der Waals surface area contributed by atoms with Crippen LogP contribution in [0.15, 0.2) is 60.7 Å². The van der Waals surface area contributed by atoms with Crippen molar-refractivity contribution in [1.29, 1.82) is 5.26 Å². The number of aryl methyl sites for hydroxylation is 2. The highest BCUT2D eigenvalue weighted by Crippen LogP contribution is 2.34. The van der Waals surface area contributed by atoms with Crippen molar-refractivity contribution in [3.8, 4) is 28.7 Å². The highest BCUT2D eigenvalue weighted by atomic mass is 16.5. The average Bonchev–Trinajstić information content (AvgIpc) is 3.35. The van der Waals surface area contributed by atoms with Crippen LogP contribution >= 0.6 is 0 Å². The summed E-state index contributed by atoms with van der Waals surface area (Å²) in [4.78, 5) is 2.30. The maximum Gasteiger partial charge on any atom is 0.127 e. The molecular formula is C29H32N2O3. The van der Waals surface area contributed by atoms with Gasteiger partial charge in [0.15, 0.2) is 0 Å². The number of hydrogen-bond donors (Lipinski definition) is 1. The van der Waals surface area contributed by atoms with Crippen molar-refractivity contribution < 1.29 is 14.6 Å². The Bertz CT molecular complexity index is 1130. The summed E-state index contributed by atoms with van der Waals surface area (Å²) in [6.45, 7) is 1.83. The first kappa shape index (κ1) is 23.8. The number of rotatable bonds is 9. The van der Waals surface area contributed by atoms with E-state index in [0.717, 1.165) is 77.1 Å². The third kappa shape index (κ3) is 5.09. The summed E-state index contributed by atoms with van der Waals surface area (Å²) in [7, 11) is 3.37. The fourth-order valence-electron chi connectivity index (χ4n) is 4.93.